The number of hydrogen-bond donors (Lipinski definition) is 1. The van der Waals surface area contributed by atoms with E-state index < -0.39 is 23.3 Å². The summed E-state index contributed by atoms with van der Waals surface area (Å²) in [6.45, 7) is 0. The van der Waals surface area contributed by atoms with Crippen LogP contribution in [0.25, 0.3) is 0 Å². The Kier molecular flexibility index (Phi) is 4.34. The van der Waals surface area contributed by atoms with Crippen molar-refractivity contribution in [1.29, 1.82) is 0 Å². The summed E-state index contributed by atoms with van der Waals surface area (Å²) >= 11 is 8.60. The van der Waals surface area contributed by atoms with Gasteiger partial charge < -0.3 is 10.5 Å². The summed E-state index contributed by atoms with van der Waals surface area (Å²) in [5, 5.41) is -0.178. The van der Waals surface area contributed by atoms with Crippen molar-refractivity contribution in [2.75, 3.05) is 5.73 Å². The minimum Gasteiger partial charge on any atom is -0.455 e. The fourth-order valence-corrected chi connectivity index (χ4v) is 2.28. The number of hydrogen-bond acceptors (Lipinski definition) is 2. The van der Waals surface area contributed by atoms with E-state index in [2.05, 4.69) is 15.9 Å². The minimum absolute atomic E-state index is 0.0592. The molecule has 112 valence electrons. The van der Waals surface area contributed by atoms with E-state index in [0.29, 0.717) is 0 Å². The van der Waals surface area contributed by atoms with Crippen LogP contribution >= 0.6 is 27.5 Å². The Morgan fingerprint density at radius 2 is 1.76 bits per heavy atom. The number of alkyl halides is 3. The van der Waals surface area contributed by atoms with Crippen molar-refractivity contribution in [3.8, 4) is 11.5 Å². The van der Waals surface area contributed by atoms with Gasteiger partial charge in [0, 0.05) is 11.8 Å². The zero-order valence-electron chi connectivity index (χ0n) is 10.1. The molecule has 2 aromatic carbocycles. The first-order valence-electron chi connectivity index (χ1n) is 5.47. The summed E-state index contributed by atoms with van der Waals surface area (Å²) in [5.41, 5.74) is 4.24. The molecule has 0 atom stereocenters. The van der Waals surface area contributed by atoms with Gasteiger partial charge in [0.1, 0.15) is 22.9 Å². The fraction of sp³-hybridized carbons (Fsp3) is 0.0769. The van der Waals surface area contributed by atoms with Crippen LogP contribution < -0.4 is 10.5 Å². The molecule has 0 heterocycles. The molecule has 0 bridgehead atoms. The lowest BCUT2D eigenvalue weighted by Gasteiger charge is -2.15. The van der Waals surface area contributed by atoms with Crippen molar-refractivity contribution in [1.82, 2.24) is 0 Å². The third-order valence-corrected chi connectivity index (χ3v) is 3.41. The molecule has 0 aliphatic rings. The molecule has 21 heavy (non-hydrogen) atoms. The molecule has 0 fully saturated rings. The molecular weight excluding hydrogens is 377 g/mol. The van der Waals surface area contributed by atoms with Crippen LogP contribution in [0.1, 0.15) is 5.56 Å². The Morgan fingerprint density at radius 3 is 2.38 bits per heavy atom. The number of halogens is 6. The molecule has 0 radical (unpaired) electrons. The van der Waals surface area contributed by atoms with Gasteiger partial charge in [-0.3, -0.25) is 0 Å². The predicted molar refractivity (Wildman–Crippen MR) is 75.0 cm³/mol. The van der Waals surface area contributed by atoms with Gasteiger partial charge in [0.15, 0.2) is 0 Å². The maximum absolute atomic E-state index is 13.4. The summed E-state index contributed by atoms with van der Waals surface area (Å²) in [6, 6.07) is 5.15. The van der Waals surface area contributed by atoms with Crippen molar-refractivity contribution in [3.05, 3.63) is 51.2 Å². The highest BCUT2D eigenvalue weighted by Gasteiger charge is 2.35. The second-order valence-electron chi connectivity index (χ2n) is 4.05. The minimum atomic E-state index is -4.65. The van der Waals surface area contributed by atoms with E-state index in [1.165, 1.54) is 12.1 Å². The smallest absolute Gasteiger partial charge is 0.420 e. The average Bonchev–Trinajstić information content (AvgIpc) is 2.36. The van der Waals surface area contributed by atoms with E-state index in [4.69, 9.17) is 22.1 Å². The first-order valence-corrected chi connectivity index (χ1v) is 6.64. The topological polar surface area (TPSA) is 35.2 Å². The second-order valence-corrected chi connectivity index (χ2v) is 5.31. The highest BCUT2D eigenvalue weighted by atomic mass is 79.9. The molecule has 2 N–H and O–H groups in total. The van der Waals surface area contributed by atoms with Crippen LogP contribution in [0.5, 0.6) is 11.5 Å². The van der Waals surface area contributed by atoms with E-state index >= 15 is 0 Å². The van der Waals surface area contributed by atoms with Crippen LogP contribution in [0.3, 0.4) is 0 Å². The third kappa shape index (κ3) is 3.59. The summed E-state index contributed by atoms with van der Waals surface area (Å²) in [7, 11) is 0. The van der Waals surface area contributed by atoms with Gasteiger partial charge in [-0.1, -0.05) is 11.6 Å². The van der Waals surface area contributed by atoms with Crippen LogP contribution in [-0.2, 0) is 6.18 Å². The summed E-state index contributed by atoms with van der Waals surface area (Å²) in [5.74, 6) is -1.43. The van der Waals surface area contributed by atoms with E-state index in [-0.39, 0.29) is 20.9 Å². The van der Waals surface area contributed by atoms with Gasteiger partial charge in [0.05, 0.1) is 9.50 Å². The first-order chi connectivity index (χ1) is 9.68. The number of ether oxygens (including phenoxy) is 1. The number of anilines is 1. The molecule has 0 spiro atoms. The number of nitrogen functional groups attached to an aromatic ring is 1. The van der Waals surface area contributed by atoms with E-state index in [1.807, 2.05) is 0 Å². The number of nitrogens with two attached hydrogens (primary N) is 1. The lowest BCUT2D eigenvalue weighted by molar-refractivity contribution is -0.138. The molecule has 2 aromatic rings. The molecule has 0 saturated heterocycles. The molecule has 8 heteroatoms. The van der Waals surface area contributed by atoms with E-state index in [1.54, 1.807) is 0 Å². The molecule has 2 rings (SSSR count). The van der Waals surface area contributed by atoms with Gasteiger partial charge >= 0.3 is 6.18 Å². The largest absolute Gasteiger partial charge is 0.455 e. The van der Waals surface area contributed by atoms with Crippen molar-refractivity contribution in [3.63, 3.8) is 0 Å². The lowest BCUT2D eigenvalue weighted by Crippen LogP contribution is -2.08. The summed E-state index contributed by atoms with van der Waals surface area (Å²) in [4.78, 5) is 0. The standard InChI is InChI=1S/C13H7BrClF4NO/c14-8-4-9(15)10(16)5-12(8)21-11-2-1-6(20)3-7(11)13(17,18)19/h1-5H,20H2. The second kappa shape index (κ2) is 5.73. The Hall–Kier alpha value is -1.47. The Labute approximate surface area is 130 Å². The normalized spacial score (nSPS) is 11.5. The van der Waals surface area contributed by atoms with Crippen LogP contribution in [0.2, 0.25) is 5.02 Å². The van der Waals surface area contributed by atoms with Crippen molar-refractivity contribution in [2.45, 2.75) is 6.18 Å². The Morgan fingerprint density at radius 1 is 1.10 bits per heavy atom. The summed E-state index contributed by atoms with van der Waals surface area (Å²) in [6.07, 6.45) is -4.65. The molecular formula is C13H7BrClF4NO. The Bertz CT molecular complexity index is 691. The predicted octanol–water partition coefficient (Wildman–Crippen LogP) is 5.63. The number of rotatable bonds is 2. The van der Waals surface area contributed by atoms with Gasteiger partial charge in [0.25, 0.3) is 0 Å². The molecule has 2 nitrogen and oxygen atoms in total. The molecule has 0 unspecified atom stereocenters. The molecule has 0 aliphatic heterocycles. The van der Waals surface area contributed by atoms with Crippen molar-refractivity contribution >= 4 is 33.2 Å². The molecule has 0 saturated carbocycles. The SMILES string of the molecule is Nc1ccc(Oc2cc(F)c(Cl)cc2Br)c(C(F)(F)F)c1. The van der Waals surface area contributed by atoms with Gasteiger partial charge in [-0.2, -0.15) is 13.2 Å². The van der Waals surface area contributed by atoms with Crippen LogP contribution in [-0.4, -0.2) is 0 Å². The first kappa shape index (κ1) is 15.9. The van der Waals surface area contributed by atoms with Gasteiger partial charge in [-0.05, 0) is 40.2 Å². The third-order valence-electron chi connectivity index (χ3n) is 2.50. The monoisotopic (exact) mass is 383 g/mol. The van der Waals surface area contributed by atoms with Crippen LogP contribution in [0.4, 0.5) is 23.2 Å². The fourth-order valence-electron chi connectivity index (χ4n) is 1.56. The average molecular weight is 385 g/mol. The van der Waals surface area contributed by atoms with Gasteiger partial charge in [0.2, 0.25) is 0 Å². The van der Waals surface area contributed by atoms with Crippen LogP contribution in [0, 0.1) is 5.82 Å². The van der Waals surface area contributed by atoms with Crippen molar-refractivity contribution < 1.29 is 22.3 Å². The zero-order chi connectivity index (χ0) is 15.8. The van der Waals surface area contributed by atoms with Gasteiger partial charge in [-0.15, -0.1) is 0 Å². The van der Waals surface area contributed by atoms with Crippen LogP contribution in [0.15, 0.2) is 34.8 Å². The number of benzene rings is 2. The quantitative estimate of drug-likeness (QED) is 0.413. The maximum Gasteiger partial charge on any atom is 0.420 e. The highest BCUT2D eigenvalue weighted by molar-refractivity contribution is 9.10. The van der Waals surface area contributed by atoms with Crippen molar-refractivity contribution in [2.24, 2.45) is 0 Å². The highest BCUT2D eigenvalue weighted by Crippen LogP contribution is 2.41. The molecule has 0 aromatic heterocycles. The van der Waals surface area contributed by atoms with E-state index in [0.717, 1.165) is 18.2 Å². The lowest BCUT2D eigenvalue weighted by atomic mass is 10.1. The Balaban J connectivity index is 2.47. The summed E-state index contributed by atoms with van der Waals surface area (Å²) < 4.78 is 57.5. The molecule has 0 aliphatic carbocycles. The van der Waals surface area contributed by atoms with E-state index in [9.17, 15) is 17.6 Å². The van der Waals surface area contributed by atoms with Gasteiger partial charge in [-0.25, -0.2) is 4.39 Å². The zero-order valence-corrected chi connectivity index (χ0v) is 12.5. The maximum atomic E-state index is 13.4. The molecule has 0 amide bonds.